The van der Waals surface area contributed by atoms with Gasteiger partial charge in [-0.25, -0.2) is 8.42 Å². The summed E-state index contributed by atoms with van der Waals surface area (Å²) in [6, 6.07) is 16.4. The van der Waals surface area contributed by atoms with E-state index in [0.29, 0.717) is 16.1 Å². The predicted octanol–water partition coefficient (Wildman–Crippen LogP) is 3.71. The third kappa shape index (κ3) is 3.45. The van der Waals surface area contributed by atoms with Crippen LogP contribution in [0.2, 0.25) is 5.02 Å². The van der Waals surface area contributed by atoms with Crippen molar-refractivity contribution >= 4 is 21.4 Å². The second kappa shape index (κ2) is 7.01. The normalized spacial score (nSPS) is 10.9. The van der Waals surface area contributed by atoms with Gasteiger partial charge < -0.3 is 4.42 Å². The van der Waals surface area contributed by atoms with Crippen LogP contribution in [0.15, 0.2) is 58.0 Å². The molecule has 0 aliphatic heterocycles. The molecule has 0 spiro atoms. The predicted molar refractivity (Wildman–Crippen MR) is 93.7 cm³/mol. The Kier molecular flexibility index (Phi) is 4.77. The number of hydrogen-bond acceptors (Lipinski definition) is 6. The van der Waals surface area contributed by atoms with Gasteiger partial charge in [0, 0.05) is 10.6 Å². The highest BCUT2D eigenvalue weighted by Gasteiger charge is 2.28. The van der Waals surface area contributed by atoms with Crippen molar-refractivity contribution < 1.29 is 12.8 Å². The van der Waals surface area contributed by atoms with E-state index in [1.165, 1.54) is 6.07 Å². The molecular formula is C18H10ClN3O3S. The van der Waals surface area contributed by atoms with Crippen molar-refractivity contribution in [1.82, 2.24) is 4.98 Å². The molecule has 1 heterocycles. The maximum Gasteiger partial charge on any atom is 0.257 e. The molecule has 0 unspecified atom stereocenters. The molecular weight excluding hydrogens is 374 g/mol. The first-order valence-corrected chi connectivity index (χ1v) is 9.35. The molecule has 0 fully saturated rings. The molecule has 3 rings (SSSR count). The molecule has 8 heteroatoms. The Bertz CT molecular complexity index is 1150. The molecule has 0 saturated heterocycles. The third-order valence-electron chi connectivity index (χ3n) is 3.56. The molecule has 0 aliphatic rings. The molecule has 1 aromatic heterocycles. The van der Waals surface area contributed by atoms with Gasteiger partial charge in [-0.3, -0.25) is 0 Å². The molecule has 0 amide bonds. The highest BCUT2D eigenvalue weighted by Crippen LogP contribution is 2.28. The lowest BCUT2D eigenvalue weighted by Gasteiger charge is -2.03. The smallest absolute Gasteiger partial charge is 0.257 e. The van der Waals surface area contributed by atoms with Gasteiger partial charge in [0.1, 0.15) is 6.07 Å². The summed E-state index contributed by atoms with van der Waals surface area (Å²) in [5.74, 6) is -0.467. The molecule has 3 aromatic rings. The summed E-state index contributed by atoms with van der Waals surface area (Å²) < 4.78 is 30.9. The minimum Gasteiger partial charge on any atom is -0.423 e. The lowest BCUT2D eigenvalue weighted by Crippen LogP contribution is -2.07. The second-order valence-corrected chi connectivity index (χ2v) is 7.63. The number of halogens is 1. The highest BCUT2D eigenvalue weighted by molar-refractivity contribution is 7.90. The zero-order chi connectivity index (χ0) is 18.7. The Morgan fingerprint density at radius 3 is 2.38 bits per heavy atom. The summed E-state index contributed by atoms with van der Waals surface area (Å²) >= 11 is 5.83. The van der Waals surface area contributed by atoms with Crippen LogP contribution in [-0.2, 0) is 15.6 Å². The van der Waals surface area contributed by atoms with E-state index in [1.54, 1.807) is 48.5 Å². The number of rotatable bonds is 4. The fraction of sp³-hybridized carbons (Fsp3) is 0.0556. The van der Waals surface area contributed by atoms with Crippen molar-refractivity contribution in [3.8, 4) is 23.6 Å². The van der Waals surface area contributed by atoms with Crippen LogP contribution in [0.4, 0.5) is 0 Å². The van der Waals surface area contributed by atoms with Crippen molar-refractivity contribution in [3.05, 3.63) is 70.4 Å². The van der Waals surface area contributed by atoms with Crippen molar-refractivity contribution in [2.75, 3.05) is 0 Å². The van der Waals surface area contributed by atoms with Crippen molar-refractivity contribution in [1.29, 1.82) is 10.5 Å². The first-order valence-electron chi connectivity index (χ1n) is 7.32. The van der Waals surface area contributed by atoms with Gasteiger partial charge in [-0.1, -0.05) is 29.8 Å². The van der Waals surface area contributed by atoms with Crippen LogP contribution < -0.4 is 0 Å². The van der Waals surface area contributed by atoms with Gasteiger partial charge in [0.2, 0.25) is 15.7 Å². The third-order valence-corrected chi connectivity index (χ3v) is 5.34. The van der Waals surface area contributed by atoms with Crippen LogP contribution in [0, 0.1) is 22.7 Å². The van der Waals surface area contributed by atoms with E-state index >= 15 is 0 Å². The van der Waals surface area contributed by atoms with Crippen molar-refractivity contribution in [2.45, 2.75) is 10.8 Å². The second-order valence-electron chi connectivity index (χ2n) is 5.30. The Balaban J connectivity index is 2.04. The summed E-state index contributed by atoms with van der Waals surface area (Å²) in [7, 11) is -4.01. The van der Waals surface area contributed by atoms with E-state index in [9.17, 15) is 13.7 Å². The number of nitriles is 2. The van der Waals surface area contributed by atoms with Crippen molar-refractivity contribution in [2.24, 2.45) is 0 Å². The fourth-order valence-electron chi connectivity index (χ4n) is 2.33. The molecule has 26 heavy (non-hydrogen) atoms. The Labute approximate surface area is 154 Å². The Morgan fingerprint density at radius 2 is 1.73 bits per heavy atom. The maximum atomic E-state index is 12.7. The largest absolute Gasteiger partial charge is 0.423 e. The molecule has 6 nitrogen and oxygen atoms in total. The van der Waals surface area contributed by atoms with E-state index in [2.05, 4.69) is 4.98 Å². The van der Waals surface area contributed by atoms with Gasteiger partial charge in [-0.05, 0) is 35.9 Å². The minimum atomic E-state index is -4.01. The van der Waals surface area contributed by atoms with Crippen LogP contribution >= 0.6 is 11.6 Å². The molecule has 0 aliphatic carbocycles. The van der Waals surface area contributed by atoms with Crippen LogP contribution in [-0.4, -0.2) is 13.4 Å². The molecule has 2 aromatic carbocycles. The molecule has 0 saturated carbocycles. The standard InChI is InChI=1S/C18H10ClN3O3S/c19-15-7-5-12(6-8-15)17-22-16(10-21)18(25-17)26(23,24)11-14-4-2-1-3-13(14)9-20/h1-8H,11H2. The van der Waals surface area contributed by atoms with E-state index in [0.717, 1.165) is 0 Å². The SMILES string of the molecule is N#Cc1ccccc1CS(=O)(=O)c1oc(-c2ccc(Cl)cc2)nc1C#N. The van der Waals surface area contributed by atoms with E-state index < -0.39 is 20.7 Å². The van der Waals surface area contributed by atoms with E-state index in [1.807, 2.05) is 6.07 Å². The summed E-state index contributed by atoms with van der Waals surface area (Å²) in [4.78, 5) is 3.96. The monoisotopic (exact) mass is 383 g/mol. The number of oxazole rings is 1. The van der Waals surface area contributed by atoms with Gasteiger partial charge in [-0.2, -0.15) is 15.5 Å². The minimum absolute atomic E-state index is 0.00496. The average molecular weight is 384 g/mol. The lowest BCUT2D eigenvalue weighted by atomic mass is 10.1. The highest BCUT2D eigenvalue weighted by atomic mass is 35.5. The number of nitrogens with zero attached hydrogens (tertiary/aromatic N) is 3. The number of sulfone groups is 1. The van der Waals surface area contributed by atoms with E-state index in [4.69, 9.17) is 21.3 Å². The average Bonchev–Trinajstić information content (AvgIpc) is 3.08. The van der Waals surface area contributed by atoms with Gasteiger partial charge in [0.15, 0.2) is 5.69 Å². The Morgan fingerprint density at radius 1 is 1.04 bits per heavy atom. The topological polar surface area (TPSA) is 108 Å². The maximum absolute atomic E-state index is 12.7. The first-order chi connectivity index (χ1) is 12.4. The van der Waals surface area contributed by atoms with E-state index in [-0.39, 0.29) is 17.1 Å². The van der Waals surface area contributed by atoms with Gasteiger partial charge in [0.25, 0.3) is 5.09 Å². The molecule has 0 radical (unpaired) electrons. The Hall–Kier alpha value is -3.13. The number of aromatic nitrogens is 1. The van der Waals surface area contributed by atoms with Crippen molar-refractivity contribution in [3.63, 3.8) is 0 Å². The lowest BCUT2D eigenvalue weighted by molar-refractivity contribution is 0.457. The summed E-state index contributed by atoms with van der Waals surface area (Å²) in [5, 5.41) is 18.3. The molecule has 0 bridgehead atoms. The molecule has 0 N–H and O–H groups in total. The number of benzene rings is 2. The first kappa shape index (κ1) is 17.7. The zero-order valence-corrected chi connectivity index (χ0v) is 14.8. The van der Waals surface area contributed by atoms with Crippen LogP contribution in [0.1, 0.15) is 16.8 Å². The fourth-order valence-corrected chi connectivity index (χ4v) is 3.84. The van der Waals surface area contributed by atoms with Crippen LogP contribution in [0.25, 0.3) is 11.5 Å². The number of hydrogen-bond donors (Lipinski definition) is 0. The zero-order valence-electron chi connectivity index (χ0n) is 13.2. The van der Waals surface area contributed by atoms with Crippen LogP contribution in [0.5, 0.6) is 0 Å². The summed E-state index contributed by atoms with van der Waals surface area (Å²) in [5.41, 5.74) is 0.726. The van der Waals surface area contributed by atoms with Crippen LogP contribution in [0.3, 0.4) is 0 Å². The quantitative estimate of drug-likeness (QED) is 0.679. The van der Waals surface area contributed by atoms with Gasteiger partial charge >= 0.3 is 0 Å². The van der Waals surface area contributed by atoms with Gasteiger partial charge in [-0.15, -0.1) is 0 Å². The van der Waals surface area contributed by atoms with Gasteiger partial charge in [0.05, 0.1) is 17.4 Å². The summed E-state index contributed by atoms with van der Waals surface area (Å²) in [6.07, 6.45) is 0. The molecule has 128 valence electrons. The molecule has 0 atom stereocenters. The summed E-state index contributed by atoms with van der Waals surface area (Å²) in [6.45, 7) is 0.